The van der Waals surface area contributed by atoms with Crippen molar-refractivity contribution in [2.24, 2.45) is 0 Å². The number of nitrogens with one attached hydrogen (secondary N) is 1. The van der Waals surface area contributed by atoms with E-state index in [-0.39, 0.29) is 24.5 Å². The Labute approximate surface area is 145 Å². The van der Waals surface area contributed by atoms with Gasteiger partial charge < -0.3 is 19.5 Å². The fraction of sp³-hybridized carbons (Fsp3) is 0.167. The fourth-order valence-electron chi connectivity index (χ4n) is 3.52. The third-order valence-electron chi connectivity index (χ3n) is 4.66. The number of carbonyl (C=O) groups is 1. The van der Waals surface area contributed by atoms with Crippen LogP contribution in [0.2, 0.25) is 0 Å². The maximum absolute atomic E-state index is 13.8. The van der Waals surface area contributed by atoms with Gasteiger partial charge >= 0.3 is 5.97 Å². The Bertz CT molecular complexity index is 995. The maximum Gasteiger partial charge on any atom is 0.337 e. The van der Waals surface area contributed by atoms with E-state index in [1.54, 1.807) is 12.1 Å². The SMILES string of the molecule is O=C1OCC2=C1C(c1cc(F)c(F)c(F)c1)c1cc3c(cc1N2)OCO3. The number of esters is 1. The van der Waals surface area contributed by atoms with E-state index in [1.807, 2.05) is 0 Å². The molecule has 5 nitrogen and oxygen atoms in total. The molecule has 5 rings (SSSR count). The molecule has 0 aliphatic carbocycles. The van der Waals surface area contributed by atoms with Gasteiger partial charge in [0.15, 0.2) is 29.0 Å². The van der Waals surface area contributed by atoms with Gasteiger partial charge in [-0.3, -0.25) is 0 Å². The van der Waals surface area contributed by atoms with Crippen molar-refractivity contribution < 1.29 is 32.2 Å². The first-order valence-corrected chi connectivity index (χ1v) is 7.78. The summed E-state index contributed by atoms with van der Waals surface area (Å²) in [7, 11) is 0. The molecule has 0 fully saturated rings. The molecule has 132 valence electrons. The van der Waals surface area contributed by atoms with Gasteiger partial charge in [0.05, 0.1) is 11.3 Å². The molecule has 2 aromatic carbocycles. The molecule has 1 unspecified atom stereocenters. The zero-order chi connectivity index (χ0) is 18.0. The van der Waals surface area contributed by atoms with Crippen LogP contribution in [0.25, 0.3) is 0 Å². The highest BCUT2D eigenvalue weighted by Gasteiger charge is 2.40. The molecule has 2 aromatic rings. The summed E-state index contributed by atoms with van der Waals surface area (Å²) in [4.78, 5) is 12.2. The predicted octanol–water partition coefficient (Wildman–Crippen LogP) is 3.20. The smallest absolute Gasteiger partial charge is 0.337 e. The van der Waals surface area contributed by atoms with Gasteiger partial charge in [0.25, 0.3) is 0 Å². The molecule has 0 aromatic heterocycles. The van der Waals surface area contributed by atoms with Gasteiger partial charge in [-0.25, -0.2) is 18.0 Å². The number of hydrogen-bond acceptors (Lipinski definition) is 5. The van der Waals surface area contributed by atoms with Crippen molar-refractivity contribution in [1.29, 1.82) is 0 Å². The minimum absolute atomic E-state index is 0.0186. The van der Waals surface area contributed by atoms with Gasteiger partial charge in [-0.1, -0.05) is 0 Å². The Balaban J connectivity index is 1.75. The highest BCUT2D eigenvalue weighted by molar-refractivity contribution is 5.97. The zero-order valence-electron chi connectivity index (χ0n) is 13.1. The maximum atomic E-state index is 13.8. The van der Waals surface area contributed by atoms with E-state index < -0.39 is 29.3 Å². The predicted molar refractivity (Wildman–Crippen MR) is 82.3 cm³/mol. The highest BCUT2D eigenvalue weighted by atomic mass is 19.2. The van der Waals surface area contributed by atoms with Gasteiger partial charge in [0.1, 0.15) is 6.61 Å². The van der Waals surface area contributed by atoms with Crippen molar-refractivity contribution >= 4 is 11.7 Å². The molecular formula is C18H10F3NO4. The van der Waals surface area contributed by atoms with Gasteiger partial charge in [0.2, 0.25) is 6.79 Å². The van der Waals surface area contributed by atoms with E-state index in [9.17, 15) is 18.0 Å². The Hall–Kier alpha value is -3.16. The van der Waals surface area contributed by atoms with Crippen LogP contribution in [0, 0.1) is 17.5 Å². The lowest BCUT2D eigenvalue weighted by Gasteiger charge is -2.27. The van der Waals surface area contributed by atoms with Crippen molar-refractivity contribution in [3.63, 3.8) is 0 Å². The van der Waals surface area contributed by atoms with Crippen LogP contribution in [0.15, 0.2) is 35.5 Å². The number of halogens is 3. The second kappa shape index (κ2) is 5.17. The molecule has 0 bridgehead atoms. The largest absolute Gasteiger partial charge is 0.456 e. The number of benzene rings is 2. The molecule has 0 saturated heterocycles. The van der Waals surface area contributed by atoms with Crippen LogP contribution >= 0.6 is 0 Å². The molecule has 0 amide bonds. The minimum Gasteiger partial charge on any atom is -0.456 e. The van der Waals surface area contributed by atoms with E-state index in [4.69, 9.17) is 14.2 Å². The normalized spacial score (nSPS) is 19.8. The number of fused-ring (bicyclic) bond motifs is 2. The van der Waals surface area contributed by atoms with Crippen molar-refractivity contribution in [1.82, 2.24) is 0 Å². The summed E-state index contributed by atoms with van der Waals surface area (Å²) in [5.74, 6) is -4.66. The van der Waals surface area contributed by atoms with Crippen LogP contribution in [0.3, 0.4) is 0 Å². The van der Waals surface area contributed by atoms with Crippen LogP contribution in [0.1, 0.15) is 17.0 Å². The van der Waals surface area contributed by atoms with E-state index in [0.717, 1.165) is 12.1 Å². The Morgan fingerprint density at radius 2 is 1.65 bits per heavy atom. The second-order valence-electron chi connectivity index (χ2n) is 6.12. The van der Waals surface area contributed by atoms with Crippen LogP contribution < -0.4 is 14.8 Å². The quantitative estimate of drug-likeness (QED) is 0.625. The van der Waals surface area contributed by atoms with Crippen LogP contribution in [-0.4, -0.2) is 19.4 Å². The molecule has 0 radical (unpaired) electrons. The standard InChI is InChI=1S/C18H10F3NO4/c19-9-1-7(2-10(20)17(9)21)15-8-3-13-14(26-6-25-13)4-11(8)22-12-5-24-18(23)16(12)15/h1-4,15,22H,5-6H2. The topological polar surface area (TPSA) is 56.8 Å². The summed E-state index contributed by atoms with van der Waals surface area (Å²) < 4.78 is 56.8. The molecule has 3 aliphatic heterocycles. The lowest BCUT2D eigenvalue weighted by Crippen LogP contribution is -2.20. The summed E-state index contributed by atoms with van der Waals surface area (Å²) in [5, 5.41) is 3.10. The highest BCUT2D eigenvalue weighted by Crippen LogP contribution is 2.49. The molecule has 0 saturated carbocycles. The summed E-state index contributed by atoms with van der Waals surface area (Å²) >= 11 is 0. The lowest BCUT2D eigenvalue weighted by molar-refractivity contribution is -0.136. The monoisotopic (exact) mass is 361 g/mol. The first-order chi connectivity index (χ1) is 12.5. The van der Waals surface area contributed by atoms with E-state index in [1.165, 1.54) is 0 Å². The average Bonchev–Trinajstić information content (AvgIpc) is 3.22. The summed E-state index contributed by atoms with van der Waals surface area (Å²) in [6.07, 6.45) is 0. The van der Waals surface area contributed by atoms with Gasteiger partial charge in [0, 0.05) is 17.7 Å². The van der Waals surface area contributed by atoms with Gasteiger partial charge in [-0.05, 0) is 29.3 Å². The Morgan fingerprint density at radius 3 is 2.38 bits per heavy atom. The van der Waals surface area contributed by atoms with Gasteiger partial charge in [-0.2, -0.15) is 0 Å². The zero-order valence-corrected chi connectivity index (χ0v) is 13.1. The second-order valence-corrected chi connectivity index (χ2v) is 6.12. The molecule has 8 heteroatoms. The first-order valence-electron chi connectivity index (χ1n) is 7.78. The summed E-state index contributed by atoms with van der Waals surface area (Å²) in [6, 6.07) is 5.11. The van der Waals surface area contributed by atoms with Crippen molar-refractivity contribution in [2.75, 3.05) is 18.7 Å². The Morgan fingerprint density at radius 1 is 0.962 bits per heavy atom. The molecule has 3 aliphatic rings. The summed E-state index contributed by atoms with van der Waals surface area (Å²) in [6.45, 7) is 0.0720. The van der Waals surface area contributed by atoms with E-state index in [2.05, 4.69) is 5.32 Å². The first kappa shape index (κ1) is 15.1. The number of cyclic esters (lactones) is 1. The molecule has 1 atom stereocenters. The molecular weight excluding hydrogens is 351 g/mol. The minimum atomic E-state index is -1.56. The lowest BCUT2D eigenvalue weighted by atomic mass is 9.81. The molecule has 26 heavy (non-hydrogen) atoms. The number of anilines is 1. The number of rotatable bonds is 1. The van der Waals surface area contributed by atoms with E-state index in [0.29, 0.717) is 28.4 Å². The van der Waals surface area contributed by atoms with Crippen LogP contribution in [0.5, 0.6) is 11.5 Å². The number of ether oxygens (including phenoxy) is 3. The average molecular weight is 361 g/mol. The third kappa shape index (κ3) is 2.01. The summed E-state index contributed by atoms with van der Waals surface area (Å²) in [5.41, 5.74) is 1.99. The molecule has 1 N–H and O–H groups in total. The van der Waals surface area contributed by atoms with Gasteiger partial charge in [-0.15, -0.1) is 0 Å². The van der Waals surface area contributed by atoms with Crippen molar-refractivity contribution in [3.8, 4) is 11.5 Å². The Kier molecular flexibility index (Phi) is 3.01. The van der Waals surface area contributed by atoms with Crippen molar-refractivity contribution in [2.45, 2.75) is 5.92 Å². The molecule has 0 spiro atoms. The third-order valence-corrected chi connectivity index (χ3v) is 4.66. The molecule has 3 heterocycles. The fourth-order valence-corrected chi connectivity index (χ4v) is 3.52. The van der Waals surface area contributed by atoms with E-state index >= 15 is 0 Å². The van der Waals surface area contributed by atoms with Crippen LogP contribution in [-0.2, 0) is 9.53 Å². The van der Waals surface area contributed by atoms with Crippen LogP contribution in [0.4, 0.5) is 18.9 Å². The number of carbonyl (C=O) groups excluding carboxylic acids is 1. The number of hydrogen-bond donors (Lipinski definition) is 1. The van der Waals surface area contributed by atoms with Crippen molar-refractivity contribution in [3.05, 3.63) is 64.1 Å².